The van der Waals surface area contributed by atoms with Gasteiger partial charge in [0.2, 0.25) is 5.95 Å². The van der Waals surface area contributed by atoms with Crippen LogP contribution >= 0.6 is 11.6 Å². The largest absolute Gasteiger partial charge is 0.340 e. The summed E-state index contributed by atoms with van der Waals surface area (Å²) in [5, 5.41) is 0.780. The van der Waals surface area contributed by atoms with Crippen LogP contribution in [-0.2, 0) is 20.1 Å². The second-order valence-corrected chi connectivity index (χ2v) is 9.09. The fourth-order valence-electron chi connectivity index (χ4n) is 4.47. The molecule has 8 nitrogen and oxygen atoms in total. The molecule has 0 spiro atoms. The Bertz CT molecular complexity index is 1480. The van der Waals surface area contributed by atoms with Crippen LogP contribution in [0, 0.1) is 0 Å². The molecule has 2 aromatic carbocycles. The Morgan fingerprint density at radius 2 is 1.71 bits per heavy atom. The summed E-state index contributed by atoms with van der Waals surface area (Å²) in [7, 11) is 1.63. The van der Waals surface area contributed by atoms with Gasteiger partial charge in [0.25, 0.3) is 5.56 Å². The first-order valence-corrected chi connectivity index (χ1v) is 12.0. The number of piperazine rings is 1. The van der Waals surface area contributed by atoms with E-state index >= 15 is 0 Å². The number of halogens is 1. The number of aryl methyl sites for hydroxylation is 1. The quantitative estimate of drug-likeness (QED) is 0.449. The van der Waals surface area contributed by atoms with E-state index in [0.29, 0.717) is 23.7 Å². The van der Waals surface area contributed by atoms with Gasteiger partial charge >= 0.3 is 5.69 Å². The fourth-order valence-corrected chi connectivity index (χ4v) is 4.66. The number of hydrogen-bond donors (Lipinski definition) is 1. The molecule has 4 aromatic rings. The van der Waals surface area contributed by atoms with Crippen molar-refractivity contribution in [2.75, 3.05) is 31.1 Å². The van der Waals surface area contributed by atoms with Crippen LogP contribution in [0.1, 0.15) is 11.1 Å². The van der Waals surface area contributed by atoms with E-state index in [4.69, 9.17) is 16.6 Å². The van der Waals surface area contributed by atoms with Gasteiger partial charge < -0.3 is 9.47 Å². The van der Waals surface area contributed by atoms with Gasteiger partial charge in [0.1, 0.15) is 0 Å². The highest BCUT2D eigenvalue weighted by molar-refractivity contribution is 6.31. The third-order valence-corrected chi connectivity index (χ3v) is 6.76. The Hall–Kier alpha value is -3.62. The summed E-state index contributed by atoms with van der Waals surface area (Å²) in [4.78, 5) is 36.7. The first kappa shape index (κ1) is 23.1. The van der Waals surface area contributed by atoms with Crippen LogP contribution < -0.4 is 16.1 Å². The SMILES string of the molecule is Cn1c(=O)[nH]c(=O)c2c1nc(N1CCN(Cc3ccccc3Cl)CC1)n2CC=Cc1ccccc1. The minimum Gasteiger partial charge on any atom is -0.340 e. The molecular weight excluding hydrogens is 464 g/mol. The van der Waals surface area contributed by atoms with E-state index in [1.165, 1.54) is 4.57 Å². The summed E-state index contributed by atoms with van der Waals surface area (Å²) in [6, 6.07) is 17.9. The maximum Gasteiger partial charge on any atom is 0.329 e. The van der Waals surface area contributed by atoms with E-state index in [1.54, 1.807) is 7.05 Å². The number of anilines is 1. The van der Waals surface area contributed by atoms with Crippen molar-refractivity contribution in [2.24, 2.45) is 7.05 Å². The third kappa shape index (κ3) is 4.80. The van der Waals surface area contributed by atoms with Crippen LogP contribution in [0.15, 0.2) is 70.3 Å². The lowest BCUT2D eigenvalue weighted by atomic mass is 10.2. The highest BCUT2D eigenvalue weighted by Crippen LogP contribution is 2.23. The number of H-pyrrole nitrogens is 1. The molecule has 0 saturated carbocycles. The highest BCUT2D eigenvalue weighted by Gasteiger charge is 2.24. The van der Waals surface area contributed by atoms with Gasteiger partial charge in [0.05, 0.1) is 0 Å². The van der Waals surface area contributed by atoms with E-state index in [0.717, 1.165) is 48.9 Å². The Balaban J connectivity index is 1.42. The van der Waals surface area contributed by atoms with Gasteiger partial charge in [-0.3, -0.25) is 19.2 Å². The molecule has 1 N–H and O–H groups in total. The molecular formula is C26H27ClN6O2. The van der Waals surface area contributed by atoms with Gasteiger partial charge in [-0.1, -0.05) is 72.3 Å². The van der Waals surface area contributed by atoms with E-state index in [9.17, 15) is 9.59 Å². The first-order chi connectivity index (χ1) is 17.0. The molecule has 1 saturated heterocycles. The molecule has 1 aliphatic heterocycles. The molecule has 0 atom stereocenters. The number of nitrogens with zero attached hydrogens (tertiary/aromatic N) is 5. The number of hydrogen-bond acceptors (Lipinski definition) is 5. The smallest absolute Gasteiger partial charge is 0.329 e. The van der Waals surface area contributed by atoms with Crippen molar-refractivity contribution in [1.29, 1.82) is 0 Å². The van der Waals surface area contributed by atoms with Crippen LogP contribution in [0.5, 0.6) is 0 Å². The number of benzene rings is 2. The van der Waals surface area contributed by atoms with Crippen molar-refractivity contribution in [3.63, 3.8) is 0 Å². The number of aromatic nitrogens is 4. The predicted octanol–water partition coefficient (Wildman–Crippen LogP) is 3.11. The summed E-state index contributed by atoms with van der Waals surface area (Å²) < 4.78 is 3.29. The summed E-state index contributed by atoms with van der Waals surface area (Å²) in [5.74, 6) is 0.696. The molecule has 3 heterocycles. The van der Waals surface area contributed by atoms with Crippen molar-refractivity contribution in [3.05, 3.63) is 97.7 Å². The number of allylic oxidation sites excluding steroid dienone is 1. The maximum atomic E-state index is 12.8. The van der Waals surface area contributed by atoms with E-state index in [-0.39, 0.29) is 0 Å². The Morgan fingerprint density at radius 1 is 1.00 bits per heavy atom. The standard InChI is InChI=1S/C26H27ClN6O2/c1-30-23-22(24(34)29-26(30)35)33(13-7-10-19-8-3-2-4-9-19)25(28-23)32-16-14-31(15-17-32)18-20-11-5-6-12-21(20)27/h2-12H,13-18H2,1H3,(H,29,34,35). The van der Waals surface area contributed by atoms with Gasteiger partial charge in [-0.05, 0) is 17.2 Å². The molecule has 0 bridgehead atoms. The zero-order valence-corrected chi connectivity index (χ0v) is 20.3. The Kier molecular flexibility index (Phi) is 6.57. The zero-order chi connectivity index (χ0) is 24.4. The summed E-state index contributed by atoms with van der Waals surface area (Å²) >= 11 is 6.35. The van der Waals surface area contributed by atoms with Gasteiger partial charge in [-0.2, -0.15) is 4.98 Å². The molecule has 35 heavy (non-hydrogen) atoms. The number of imidazole rings is 1. The van der Waals surface area contributed by atoms with Crippen LogP contribution in [0.4, 0.5) is 5.95 Å². The van der Waals surface area contributed by atoms with Crippen molar-refractivity contribution < 1.29 is 0 Å². The minimum atomic E-state index is -0.469. The monoisotopic (exact) mass is 490 g/mol. The lowest BCUT2D eigenvalue weighted by Crippen LogP contribution is -2.46. The second kappa shape index (κ2) is 9.93. The molecule has 0 amide bonds. The topological polar surface area (TPSA) is 79.2 Å². The second-order valence-electron chi connectivity index (χ2n) is 8.68. The van der Waals surface area contributed by atoms with Crippen LogP contribution in [-0.4, -0.2) is 50.2 Å². The number of aromatic amines is 1. The van der Waals surface area contributed by atoms with Crippen molar-refractivity contribution in [1.82, 2.24) is 24.0 Å². The molecule has 5 rings (SSSR count). The van der Waals surface area contributed by atoms with E-state index in [1.807, 2.05) is 65.3 Å². The van der Waals surface area contributed by atoms with Gasteiger partial charge in [-0.15, -0.1) is 0 Å². The van der Waals surface area contributed by atoms with Gasteiger partial charge in [0, 0.05) is 51.3 Å². The lowest BCUT2D eigenvalue weighted by Gasteiger charge is -2.35. The maximum absolute atomic E-state index is 12.8. The zero-order valence-electron chi connectivity index (χ0n) is 19.5. The summed E-state index contributed by atoms with van der Waals surface area (Å²) in [6.45, 7) is 4.43. The van der Waals surface area contributed by atoms with Crippen LogP contribution in [0.2, 0.25) is 5.02 Å². The van der Waals surface area contributed by atoms with E-state index in [2.05, 4.69) is 20.9 Å². The summed E-state index contributed by atoms with van der Waals surface area (Å²) in [5.41, 5.74) is 2.09. The number of nitrogens with one attached hydrogen (secondary N) is 1. The first-order valence-electron chi connectivity index (χ1n) is 11.6. The summed E-state index contributed by atoms with van der Waals surface area (Å²) in [6.07, 6.45) is 4.03. The molecule has 9 heteroatoms. The third-order valence-electron chi connectivity index (χ3n) is 6.39. The number of fused-ring (bicyclic) bond motifs is 1. The van der Waals surface area contributed by atoms with Crippen molar-refractivity contribution in [3.8, 4) is 0 Å². The van der Waals surface area contributed by atoms with Crippen molar-refractivity contribution in [2.45, 2.75) is 13.1 Å². The molecule has 180 valence electrons. The Labute approximate surface area is 207 Å². The minimum absolute atomic E-state index is 0.389. The molecule has 1 aliphatic rings. The number of rotatable bonds is 6. The van der Waals surface area contributed by atoms with Crippen molar-refractivity contribution >= 4 is 34.8 Å². The predicted molar refractivity (Wildman–Crippen MR) is 140 cm³/mol. The van der Waals surface area contributed by atoms with Crippen LogP contribution in [0.25, 0.3) is 17.2 Å². The molecule has 0 unspecified atom stereocenters. The molecule has 0 radical (unpaired) electrons. The fraction of sp³-hybridized carbons (Fsp3) is 0.269. The average molecular weight is 491 g/mol. The lowest BCUT2D eigenvalue weighted by molar-refractivity contribution is 0.248. The Morgan fingerprint density at radius 3 is 2.46 bits per heavy atom. The molecule has 2 aromatic heterocycles. The molecule has 1 fully saturated rings. The molecule has 0 aliphatic carbocycles. The van der Waals surface area contributed by atoms with Gasteiger partial charge in [-0.25, -0.2) is 4.79 Å². The van der Waals surface area contributed by atoms with E-state index < -0.39 is 11.2 Å². The van der Waals surface area contributed by atoms with Gasteiger partial charge in [0.15, 0.2) is 11.2 Å². The normalized spacial score (nSPS) is 14.9. The average Bonchev–Trinajstić information content (AvgIpc) is 3.25. The highest BCUT2D eigenvalue weighted by atomic mass is 35.5. The van der Waals surface area contributed by atoms with Crippen LogP contribution in [0.3, 0.4) is 0 Å².